The Hall–Kier alpha value is -0.810. The van der Waals surface area contributed by atoms with Gasteiger partial charge >= 0.3 is 0 Å². The Morgan fingerprint density at radius 2 is 0.602 bits per heavy atom. The van der Waals surface area contributed by atoms with Gasteiger partial charge in [0, 0.05) is 6.42 Å². The van der Waals surface area contributed by atoms with Gasteiger partial charge in [-0.05, 0) is 12.8 Å². The summed E-state index contributed by atoms with van der Waals surface area (Å²) in [5.74, 6) is -0.132. The van der Waals surface area contributed by atoms with Crippen LogP contribution in [-0.2, 0) is 14.3 Å². The number of ether oxygens (including phenoxy) is 2. The third kappa shape index (κ3) is 52.8. The minimum Gasteiger partial charge on any atom is -0.394 e. The Labute approximate surface area is 516 Å². The van der Waals surface area contributed by atoms with Crippen LogP contribution in [0.4, 0.5) is 0 Å². The summed E-state index contributed by atoms with van der Waals surface area (Å²) in [6.07, 6.45) is 74.9. The van der Waals surface area contributed by atoms with Crippen molar-refractivity contribution in [1.29, 1.82) is 0 Å². The lowest BCUT2D eigenvalue weighted by atomic mass is 9.99. The second kappa shape index (κ2) is 64.2. The predicted molar refractivity (Wildman–Crippen MR) is 355 cm³/mol. The Balaban J connectivity index is 2.03. The van der Waals surface area contributed by atoms with Crippen LogP contribution in [0.2, 0.25) is 0 Å². The van der Waals surface area contributed by atoms with Crippen molar-refractivity contribution in [3.05, 3.63) is 0 Å². The molecule has 1 aliphatic heterocycles. The van der Waals surface area contributed by atoms with Crippen molar-refractivity contribution in [1.82, 2.24) is 5.32 Å². The van der Waals surface area contributed by atoms with Gasteiger partial charge in [-0.1, -0.05) is 393 Å². The molecule has 83 heavy (non-hydrogen) atoms. The van der Waals surface area contributed by atoms with Gasteiger partial charge in [0.15, 0.2) is 6.29 Å². The van der Waals surface area contributed by atoms with E-state index >= 15 is 0 Å². The van der Waals surface area contributed by atoms with E-state index in [-0.39, 0.29) is 12.5 Å². The van der Waals surface area contributed by atoms with Gasteiger partial charge in [-0.2, -0.15) is 0 Å². The van der Waals surface area contributed by atoms with Gasteiger partial charge in [0.1, 0.15) is 24.4 Å². The van der Waals surface area contributed by atoms with Crippen LogP contribution in [0.5, 0.6) is 0 Å². The summed E-state index contributed by atoms with van der Waals surface area (Å²) in [7, 11) is 0. The second-order valence-electron chi connectivity index (χ2n) is 26.8. The lowest BCUT2D eigenvalue weighted by molar-refractivity contribution is -0.302. The molecule has 0 aromatic heterocycles. The number of carbonyl (C=O) groups excluding carboxylic acids is 1. The van der Waals surface area contributed by atoms with Gasteiger partial charge in [-0.15, -0.1) is 0 Å². The van der Waals surface area contributed by atoms with Gasteiger partial charge in [-0.25, -0.2) is 0 Å². The Kier molecular flexibility index (Phi) is 62.0. The van der Waals surface area contributed by atoms with E-state index in [1.54, 1.807) is 0 Å². The Morgan fingerprint density at radius 1 is 0.361 bits per heavy atom. The van der Waals surface area contributed by atoms with E-state index < -0.39 is 49.5 Å². The average molecular weight is 1180 g/mol. The van der Waals surface area contributed by atoms with E-state index in [9.17, 15) is 30.3 Å². The van der Waals surface area contributed by atoms with Crippen molar-refractivity contribution in [2.75, 3.05) is 13.2 Å². The predicted octanol–water partition coefficient (Wildman–Crippen LogP) is 20.9. The minimum atomic E-state index is -1.55. The molecule has 1 amide bonds. The summed E-state index contributed by atoms with van der Waals surface area (Å²) < 4.78 is 11.4. The molecular weight excluding hydrogens is 1030 g/mol. The first-order valence-electron chi connectivity index (χ1n) is 37.7. The molecule has 496 valence electrons. The van der Waals surface area contributed by atoms with Crippen LogP contribution in [0.25, 0.3) is 0 Å². The number of aliphatic hydroxyl groups excluding tert-OH is 5. The summed E-state index contributed by atoms with van der Waals surface area (Å²) in [6, 6.07) is -0.715. The fourth-order valence-electron chi connectivity index (χ4n) is 12.8. The number of amides is 1. The molecule has 0 aromatic rings. The lowest BCUT2D eigenvalue weighted by Crippen LogP contribution is -2.60. The number of nitrogens with one attached hydrogen (secondary N) is 1. The number of hydrogen-bond donors (Lipinski definition) is 6. The number of rotatable bonds is 68. The first-order chi connectivity index (χ1) is 40.8. The molecule has 1 aliphatic rings. The number of aliphatic hydroxyl groups is 5. The summed E-state index contributed by atoms with van der Waals surface area (Å²) in [4.78, 5) is 13.2. The molecule has 0 spiro atoms. The number of carbonyl (C=O) groups is 1. The maximum Gasteiger partial charge on any atom is 0.220 e. The van der Waals surface area contributed by atoms with E-state index in [4.69, 9.17) is 9.47 Å². The Bertz CT molecular complexity index is 1270. The van der Waals surface area contributed by atoms with E-state index in [0.29, 0.717) is 12.8 Å². The highest BCUT2D eigenvalue weighted by Gasteiger charge is 2.44. The van der Waals surface area contributed by atoms with Crippen LogP contribution in [-0.4, -0.2) is 87.5 Å². The van der Waals surface area contributed by atoms with Gasteiger partial charge in [0.05, 0.1) is 25.4 Å². The standard InChI is InChI=1S/C74H147NO8/c1-3-5-7-9-11-13-15-17-19-21-23-25-27-28-29-30-31-32-33-34-35-36-37-38-39-40-42-44-46-48-50-52-54-56-58-60-62-64-70(78)75-67(66-82-74-73(81)72(80)71(79)69(65-76)83-74)68(77)63-61-59-57-55-53-51-49-47-45-43-41-26-24-22-20-18-16-14-12-10-8-6-4-2/h67-69,71-74,76-77,79-81H,3-66H2,1-2H3,(H,75,78). The third-order valence-electron chi connectivity index (χ3n) is 18.7. The van der Waals surface area contributed by atoms with Crippen LogP contribution < -0.4 is 5.32 Å². The molecule has 0 radical (unpaired) electrons. The monoisotopic (exact) mass is 1180 g/mol. The highest BCUT2D eigenvalue weighted by Crippen LogP contribution is 2.24. The smallest absolute Gasteiger partial charge is 0.220 e. The lowest BCUT2D eigenvalue weighted by Gasteiger charge is -2.40. The quantitative estimate of drug-likeness (QED) is 0.0330. The molecule has 9 heteroatoms. The maximum absolute atomic E-state index is 13.2. The molecule has 0 saturated carbocycles. The molecule has 1 heterocycles. The molecule has 9 nitrogen and oxygen atoms in total. The molecule has 1 rings (SSSR count). The van der Waals surface area contributed by atoms with Gasteiger partial charge in [0.2, 0.25) is 5.91 Å². The van der Waals surface area contributed by atoms with Crippen molar-refractivity contribution in [2.45, 2.75) is 455 Å². The van der Waals surface area contributed by atoms with Crippen LogP contribution in [0.15, 0.2) is 0 Å². The molecule has 1 fully saturated rings. The zero-order chi connectivity index (χ0) is 60.0. The topological polar surface area (TPSA) is 149 Å². The molecule has 0 aromatic carbocycles. The normalized spacial score (nSPS) is 18.1. The fourth-order valence-corrected chi connectivity index (χ4v) is 12.8. The van der Waals surface area contributed by atoms with Crippen molar-refractivity contribution in [2.24, 2.45) is 0 Å². The van der Waals surface area contributed by atoms with Gasteiger partial charge < -0.3 is 40.3 Å². The van der Waals surface area contributed by atoms with Crippen LogP contribution in [0.3, 0.4) is 0 Å². The van der Waals surface area contributed by atoms with Crippen LogP contribution in [0, 0.1) is 0 Å². The van der Waals surface area contributed by atoms with Crippen LogP contribution in [0.1, 0.15) is 412 Å². The van der Waals surface area contributed by atoms with E-state index in [1.165, 1.54) is 347 Å². The SMILES string of the molecule is CCCCCCCCCCCCCCCCCCCCCCCCCCCCCCCCCCCCCCCC(=O)NC(COC1OC(CO)C(O)C(O)C1O)C(O)CCCCCCCCCCCCCCCCCCCCCCCCC. The zero-order valence-corrected chi connectivity index (χ0v) is 55.8. The summed E-state index contributed by atoms with van der Waals surface area (Å²) in [5, 5.41) is 55.0. The summed E-state index contributed by atoms with van der Waals surface area (Å²) in [5.41, 5.74) is 0. The van der Waals surface area contributed by atoms with Crippen LogP contribution >= 0.6 is 0 Å². The highest BCUT2D eigenvalue weighted by molar-refractivity contribution is 5.76. The molecular formula is C74H147NO8. The van der Waals surface area contributed by atoms with Gasteiger partial charge in [0.25, 0.3) is 0 Å². The molecule has 7 atom stereocenters. The van der Waals surface area contributed by atoms with E-state index in [2.05, 4.69) is 19.2 Å². The molecule has 0 bridgehead atoms. The van der Waals surface area contributed by atoms with Gasteiger partial charge in [-0.3, -0.25) is 4.79 Å². The first-order valence-corrected chi connectivity index (χ1v) is 37.7. The largest absolute Gasteiger partial charge is 0.394 e. The number of unbranched alkanes of at least 4 members (excludes halogenated alkanes) is 58. The minimum absolute atomic E-state index is 0.130. The molecule has 0 aliphatic carbocycles. The van der Waals surface area contributed by atoms with Crippen molar-refractivity contribution in [3.63, 3.8) is 0 Å². The highest BCUT2D eigenvalue weighted by atomic mass is 16.7. The first kappa shape index (κ1) is 80.2. The molecule has 6 N–H and O–H groups in total. The maximum atomic E-state index is 13.2. The van der Waals surface area contributed by atoms with E-state index in [0.717, 1.165) is 38.5 Å². The van der Waals surface area contributed by atoms with Crippen molar-refractivity contribution in [3.8, 4) is 0 Å². The Morgan fingerprint density at radius 3 is 0.855 bits per heavy atom. The fraction of sp³-hybridized carbons (Fsp3) is 0.986. The van der Waals surface area contributed by atoms with Crippen molar-refractivity contribution >= 4 is 5.91 Å². The summed E-state index contributed by atoms with van der Waals surface area (Å²) in [6.45, 7) is 3.91. The number of hydrogen-bond acceptors (Lipinski definition) is 8. The molecule has 1 saturated heterocycles. The second-order valence-corrected chi connectivity index (χ2v) is 26.8. The summed E-state index contributed by atoms with van der Waals surface area (Å²) >= 11 is 0. The van der Waals surface area contributed by atoms with Crippen molar-refractivity contribution < 1.29 is 39.8 Å². The average Bonchev–Trinajstić information content (AvgIpc) is 3.60. The zero-order valence-electron chi connectivity index (χ0n) is 55.8. The molecule has 7 unspecified atom stereocenters. The third-order valence-corrected chi connectivity index (χ3v) is 18.7. The van der Waals surface area contributed by atoms with E-state index in [1.807, 2.05) is 0 Å².